The SMILES string of the molecule is CNC(=O)[C@H](c1ccccc1)N(CCCc1ccc(C(F)(F)F)cc1)c1ccc(C)cc1. The lowest BCUT2D eigenvalue weighted by Gasteiger charge is -2.33. The average molecular weight is 441 g/mol. The lowest BCUT2D eigenvalue weighted by Crippen LogP contribution is -2.40. The van der Waals surface area contributed by atoms with Gasteiger partial charge in [-0.15, -0.1) is 0 Å². The van der Waals surface area contributed by atoms with Crippen LogP contribution >= 0.6 is 0 Å². The van der Waals surface area contributed by atoms with E-state index in [2.05, 4.69) is 10.2 Å². The number of hydrogen-bond donors (Lipinski definition) is 1. The molecule has 0 bridgehead atoms. The number of alkyl halides is 3. The van der Waals surface area contributed by atoms with Crippen molar-refractivity contribution in [3.05, 3.63) is 101 Å². The second kappa shape index (κ2) is 10.4. The van der Waals surface area contributed by atoms with Gasteiger partial charge >= 0.3 is 6.18 Å². The number of hydrogen-bond acceptors (Lipinski definition) is 2. The van der Waals surface area contributed by atoms with E-state index in [1.54, 1.807) is 7.05 Å². The van der Waals surface area contributed by atoms with Gasteiger partial charge in [-0.05, 0) is 55.2 Å². The Bertz CT molecular complexity index is 1000. The highest BCUT2D eigenvalue weighted by Crippen LogP contribution is 2.30. The number of carbonyl (C=O) groups is 1. The summed E-state index contributed by atoms with van der Waals surface area (Å²) in [5.41, 5.74) is 3.10. The molecule has 0 unspecified atom stereocenters. The van der Waals surface area contributed by atoms with Crippen molar-refractivity contribution in [3.8, 4) is 0 Å². The summed E-state index contributed by atoms with van der Waals surface area (Å²) in [6.45, 7) is 2.57. The second-order valence-electron chi connectivity index (χ2n) is 7.75. The van der Waals surface area contributed by atoms with Gasteiger partial charge in [-0.25, -0.2) is 0 Å². The Morgan fingerprint density at radius 3 is 2.12 bits per heavy atom. The molecule has 0 aliphatic rings. The first-order valence-electron chi connectivity index (χ1n) is 10.6. The van der Waals surface area contributed by atoms with Gasteiger partial charge in [0.15, 0.2) is 0 Å². The van der Waals surface area contributed by atoms with Crippen LogP contribution < -0.4 is 10.2 Å². The quantitative estimate of drug-likeness (QED) is 0.470. The molecule has 0 aliphatic carbocycles. The fourth-order valence-corrected chi connectivity index (χ4v) is 3.70. The number of aryl methyl sites for hydroxylation is 2. The summed E-state index contributed by atoms with van der Waals surface area (Å²) in [6, 6.07) is 22.3. The molecule has 168 valence electrons. The van der Waals surface area contributed by atoms with Crippen LogP contribution in [0.15, 0.2) is 78.9 Å². The fraction of sp³-hybridized carbons (Fsp3) is 0.269. The Hall–Kier alpha value is -3.28. The van der Waals surface area contributed by atoms with Crippen LogP contribution in [0, 0.1) is 6.92 Å². The third-order valence-corrected chi connectivity index (χ3v) is 5.43. The molecule has 0 aromatic heterocycles. The third kappa shape index (κ3) is 5.90. The van der Waals surface area contributed by atoms with Crippen molar-refractivity contribution in [3.63, 3.8) is 0 Å². The van der Waals surface area contributed by atoms with E-state index in [0.29, 0.717) is 19.4 Å². The van der Waals surface area contributed by atoms with Crippen LogP contribution in [0.3, 0.4) is 0 Å². The summed E-state index contributed by atoms with van der Waals surface area (Å²) in [4.78, 5) is 15.0. The molecule has 3 nitrogen and oxygen atoms in total. The van der Waals surface area contributed by atoms with E-state index < -0.39 is 17.8 Å². The molecule has 0 fully saturated rings. The molecular formula is C26H27F3N2O. The van der Waals surface area contributed by atoms with Crippen LogP contribution in [-0.2, 0) is 17.4 Å². The normalized spacial score (nSPS) is 12.3. The molecule has 3 rings (SSSR count). The van der Waals surface area contributed by atoms with E-state index >= 15 is 0 Å². The number of halogens is 3. The molecule has 3 aromatic carbocycles. The summed E-state index contributed by atoms with van der Waals surface area (Å²) in [6.07, 6.45) is -3.05. The number of anilines is 1. The van der Waals surface area contributed by atoms with E-state index in [0.717, 1.165) is 34.5 Å². The molecule has 1 amide bonds. The van der Waals surface area contributed by atoms with E-state index in [9.17, 15) is 18.0 Å². The van der Waals surface area contributed by atoms with E-state index in [1.165, 1.54) is 12.1 Å². The molecule has 3 aromatic rings. The first-order valence-corrected chi connectivity index (χ1v) is 10.6. The fourth-order valence-electron chi connectivity index (χ4n) is 3.70. The minimum absolute atomic E-state index is 0.119. The van der Waals surface area contributed by atoms with Gasteiger partial charge in [0.05, 0.1) is 5.56 Å². The highest BCUT2D eigenvalue weighted by molar-refractivity contribution is 5.86. The first-order chi connectivity index (χ1) is 15.3. The maximum atomic E-state index is 12.9. The smallest absolute Gasteiger partial charge is 0.357 e. The van der Waals surface area contributed by atoms with Crippen molar-refractivity contribution < 1.29 is 18.0 Å². The molecule has 0 saturated heterocycles. The monoisotopic (exact) mass is 440 g/mol. The maximum Gasteiger partial charge on any atom is 0.416 e. The lowest BCUT2D eigenvalue weighted by molar-refractivity contribution is -0.137. The van der Waals surface area contributed by atoms with E-state index in [4.69, 9.17) is 0 Å². The van der Waals surface area contributed by atoms with Crippen molar-refractivity contribution in [1.82, 2.24) is 5.32 Å². The molecule has 32 heavy (non-hydrogen) atoms. The van der Waals surface area contributed by atoms with Gasteiger partial charge in [0.25, 0.3) is 0 Å². The summed E-state index contributed by atoms with van der Waals surface area (Å²) in [5.74, 6) is -0.119. The van der Waals surface area contributed by atoms with Crippen LogP contribution in [0.5, 0.6) is 0 Å². The van der Waals surface area contributed by atoms with Crippen molar-refractivity contribution >= 4 is 11.6 Å². The van der Waals surface area contributed by atoms with Crippen LogP contribution in [0.4, 0.5) is 18.9 Å². The number of rotatable bonds is 8. The number of nitrogens with one attached hydrogen (secondary N) is 1. The van der Waals surface area contributed by atoms with Crippen LogP contribution in [0.25, 0.3) is 0 Å². The summed E-state index contributed by atoms with van der Waals surface area (Å²) in [7, 11) is 1.62. The van der Waals surface area contributed by atoms with Crippen LogP contribution in [0.2, 0.25) is 0 Å². The van der Waals surface area contributed by atoms with Gasteiger partial charge in [-0.3, -0.25) is 4.79 Å². The second-order valence-corrected chi connectivity index (χ2v) is 7.75. The van der Waals surface area contributed by atoms with Gasteiger partial charge in [-0.1, -0.05) is 60.2 Å². The van der Waals surface area contributed by atoms with Gasteiger partial charge in [0.2, 0.25) is 5.91 Å². The minimum Gasteiger partial charge on any atom is -0.357 e. The number of carbonyl (C=O) groups excluding carboxylic acids is 1. The Labute approximate surface area is 186 Å². The van der Waals surface area contributed by atoms with Gasteiger partial charge in [0.1, 0.15) is 6.04 Å². The molecular weight excluding hydrogens is 413 g/mol. The Balaban J connectivity index is 1.83. The summed E-state index contributed by atoms with van der Waals surface area (Å²) in [5, 5.41) is 2.77. The molecule has 0 saturated carbocycles. The maximum absolute atomic E-state index is 12.9. The third-order valence-electron chi connectivity index (χ3n) is 5.43. The lowest BCUT2D eigenvalue weighted by atomic mass is 10.0. The average Bonchev–Trinajstić information content (AvgIpc) is 2.79. The largest absolute Gasteiger partial charge is 0.416 e. The predicted molar refractivity (Wildman–Crippen MR) is 122 cm³/mol. The Morgan fingerprint density at radius 1 is 0.938 bits per heavy atom. The number of amides is 1. The van der Waals surface area contributed by atoms with Crippen molar-refractivity contribution in [2.24, 2.45) is 0 Å². The van der Waals surface area contributed by atoms with Crippen molar-refractivity contribution in [2.45, 2.75) is 32.0 Å². The molecule has 0 spiro atoms. The zero-order valence-electron chi connectivity index (χ0n) is 18.2. The van der Waals surface area contributed by atoms with Crippen LogP contribution in [-0.4, -0.2) is 19.5 Å². The van der Waals surface area contributed by atoms with Crippen LogP contribution in [0.1, 0.15) is 34.7 Å². The zero-order valence-corrected chi connectivity index (χ0v) is 18.2. The summed E-state index contributed by atoms with van der Waals surface area (Å²) >= 11 is 0. The van der Waals surface area contributed by atoms with E-state index in [-0.39, 0.29) is 5.91 Å². The molecule has 0 heterocycles. The number of likely N-dealkylation sites (N-methyl/N-ethyl adjacent to an activating group) is 1. The molecule has 0 radical (unpaired) electrons. The first kappa shape index (κ1) is 23.4. The minimum atomic E-state index is -4.34. The number of nitrogens with zero attached hydrogens (tertiary/aromatic N) is 1. The van der Waals surface area contributed by atoms with Gasteiger partial charge < -0.3 is 10.2 Å². The zero-order chi connectivity index (χ0) is 23.1. The van der Waals surface area contributed by atoms with Crippen molar-refractivity contribution in [2.75, 3.05) is 18.5 Å². The highest BCUT2D eigenvalue weighted by Gasteiger charge is 2.30. The Morgan fingerprint density at radius 2 is 1.56 bits per heavy atom. The molecule has 1 N–H and O–H groups in total. The number of benzene rings is 3. The Kier molecular flexibility index (Phi) is 7.57. The predicted octanol–water partition coefficient (Wildman–Crippen LogP) is 5.94. The van der Waals surface area contributed by atoms with Crippen molar-refractivity contribution in [1.29, 1.82) is 0 Å². The van der Waals surface area contributed by atoms with Gasteiger partial charge in [-0.2, -0.15) is 13.2 Å². The molecule has 0 aliphatic heterocycles. The highest BCUT2D eigenvalue weighted by atomic mass is 19.4. The standard InChI is InChI=1S/C26H27F3N2O/c1-19-10-16-23(17-11-19)31(24(25(32)30-2)21-8-4-3-5-9-21)18-6-7-20-12-14-22(15-13-20)26(27,28)29/h3-5,8-17,24H,6-7,18H2,1-2H3,(H,30,32)/t24-/m0/s1. The summed E-state index contributed by atoms with van der Waals surface area (Å²) < 4.78 is 38.4. The molecule has 1 atom stereocenters. The molecule has 6 heteroatoms. The van der Waals surface area contributed by atoms with E-state index in [1.807, 2.05) is 61.5 Å². The van der Waals surface area contributed by atoms with Gasteiger partial charge in [0, 0.05) is 19.3 Å². The topological polar surface area (TPSA) is 32.3 Å².